The lowest BCUT2D eigenvalue weighted by atomic mass is 10.00. The molecule has 2 saturated carbocycles. The Labute approximate surface area is 266 Å². The van der Waals surface area contributed by atoms with Gasteiger partial charge in [-0.15, -0.1) is 0 Å². The van der Waals surface area contributed by atoms with E-state index in [2.05, 4.69) is 22.5 Å². The highest BCUT2D eigenvalue weighted by molar-refractivity contribution is 6.16. The Bertz CT molecular complexity index is 1740. The van der Waals surface area contributed by atoms with Gasteiger partial charge in [0.25, 0.3) is 0 Å². The van der Waals surface area contributed by atoms with E-state index in [-0.39, 0.29) is 11.4 Å². The van der Waals surface area contributed by atoms with Crippen molar-refractivity contribution in [2.45, 2.75) is 51.9 Å². The van der Waals surface area contributed by atoms with Crippen LogP contribution in [0, 0.1) is 28.9 Å². The molecule has 6 rings (SSSR count). The Morgan fingerprint density at radius 2 is 1.59 bits per heavy atom. The van der Waals surface area contributed by atoms with Crippen molar-refractivity contribution >= 4 is 34.1 Å². The van der Waals surface area contributed by atoms with Crippen molar-refractivity contribution < 1.29 is 32.6 Å². The first kappa shape index (κ1) is 31.3. The van der Waals surface area contributed by atoms with Crippen molar-refractivity contribution in [1.29, 1.82) is 0 Å². The predicted octanol–water partition coefficient (Wildman–Crippen LogP) is 8.27. The second kappa shape index (κ2) is 13.3. The van der Waals surface area contributed by atoms with Crippen molar-refractivity contribution in [2.24, 2.45) is 17.3 Å². The van der Waals surface area contributed by atoms with E-state index < -0.39 is 28.9 Å². The van der Waals surface area contributed by atoms with Crippen molar-refractivity contribution in [3.63, 3.8) is 0 Å². The van der Waals surface area contributed by atoms with Gasteiger partial charge in [-0.05, 0) is 86.1 Å². The zero-order valence-electron chi connectivity index (χ0n) is 25.9. The molecule has 0 spiro atoms. The average molecular weight is 630 g/mol. The molecule has 2 aliphatic carbocycles. The molecular weight excluding hydrogens is 592 g/mol. The van der Waals surface area contributed by atoms with E-state index in [1.54, 1.807) is 25.4 Å². The van der Waals surface area contributed by atoms with Gasteiger partial charge in [-0.25, -0.2) is 8.78 Å². The van der Waals surface area contributed by atoms with E-state index in [9.17, 15) is 14.0 Å². The van der Waals surface area contributed by atoms with Crippen LogP contribution in [0.1, 0.15) is 51.9 Å². The van der Waals surface area contributed by atoms with Crippen molar-refractivity contribution in [3.8, 4) is 23.0 Å². The molecular formula is C36H37F2N3O5. The smallest absolute Gasteiger partial charge is 0.240 e. The summed E-state index contributed by atoms with van der Waals surface area (Å²) in [6.45, 7) is 2.92. The standard InChI is InChI=1S/C36H37F2N3O5/c1-22-4-3-5-23(7-6-22)21-45-33-20-29-27(19-32(33)44-2)30(14-17-39-29)46-31-13-12-26(18-28(31)38)41-35(43)36(15-16-36)34(42)40-25-10-8-24(37)9-11-25/h8-14,17-20,22-23H,3-7,15-16,21H2,1-2H3,(H,40,42)(H,41,43). The number of amides is 2. The lowest BCUT2D eigenvalue weighted by Crippen LogP contribution is -2.35. The molecule has 2 N–H and O–H groups in total. The molecule has 3 aromatic carbocycles. The molecule has 4 aromatic rings. The Morgan fingerprint density at radius 3 is 2.30 bits per heavy atom. The van der Waals surface area contributed by atoms with Gasteiger partial charge in [-0.1, -0.05) is 26.2 Å². The minimum Gasteiger partial charge on any atom is -0.493 e. The molecule has 2 aliphatic rings. The number of rotatable bonds is 10. The van der Waals surface area contributed by atoms with Gasteiger partial charge < -0.3 is 24.8 Å². The maximum Gasteiger partial charge on any atom is 0.240 e. The molecule has 0 bridgehead atoms. The van der Waals surface area contributed by atoms with Crippen LogP contribution in [0.25, 0.3) is 10.9 Å². The molecule has 2 atom stereocenters. The van der Waals surface area contributed by atoms with Crippen LogP contribution in [0.15, 0.2) is 66.9 Å². The number of nitrogens with zero attached hydrogens (tertiary/aromatic N) is 1. The molecule has 10 heteroatoms. The van der Waals surface area contributed by atoms with Crippen LogP contribution in [0.4, 0.5) is 20.2 Å². The summed E-state index contributed by atoms with van der Waals surface area (Å²) in [5.41, 5.74) is -0.0959. The number of fused-ring (bicyclic) bond motifs is 1. The van der Waals surface area contributed by atoms with E-state index >= 15 is 4.39 Å². The summed E-state index contributed by atoms with van der Waals surface area (Å²) in [6.07, 6.45) is 8.27. The van der Waals surface area contributed by atoms with E-state index in [1.165, 1.54) is 55.7 Å². The summed E-state index contributed by atoms with van der Waals surface area (Å²) < 4.78 is 46.3. The monoisotopic (exact) mass is 629 g/mol. The lowest BCUT2D eigenvalue weighted by molar-refractivity contribution is -0.131. The molecule has 0 aliphatic heterocycles. The molecule has 46 heavy (non-hydrogen) atoms. The second-order valence-electron chi connectivity index (χ2n) is 12.4. The summed E-state index contributed by atoms with van der Waals surface area (Å²) in [7, 11) is 1.57. The van der Waals surface area contributed by atoms with Crippen LogP contribution in [-0.2, 0) is 9.59 Å². The highest BCUT2D eigenvalue weighted by atomic mass is 19.1. The van der Waals surface area contributed by atoms with Crippen molar-refractivity contribution in [2.75, 3.05) is 24.4 Å². The van der Waals surface area contributed by atoms with Crippen LogP contribution in [-0.4, -0.2) is 30.5 Å². The Morgan fingerprint density at radius 1 is 0.848 bits per heavy atom. The third-order valence-corrected chi connectivity index (χ3v) is 8.97. The van der Waals surface area contributed by atoms with Crippen molar-refractivity contribution in [1.82, 2.24) is 4.98 Å². The summed E-state index contributed by atoms with van der Waals surface area (Å²) in [4.78, 5) is 30.4. The van der Waals surface area contributed by atoms with Gasteiger partial charge in [0.15, 0.2) is 23.1 Å². The zero-order valence-corrected chi connectivity index (χ0v) is 25.9. The first-order chi connectivity index (χ1) is 22.2. The average Bonchev–Trinajstić information content (AvgIpc) is 3.88. The fourth-order valence-corrected chi connectivity index (χ4v) is 5.92. The van der Waals surface area contributed by atoms with Crippen LogP contribution in [0.5, 0.6) is 23.0 Å². The first-order valence-corrected chi connectivity index (χ1v) is 15.7. The fourth-order valence-electron chi connectivity index (χ4n) is 5.92. The highest BCUT2D eigenvalue weighted by Crippen LogP contribution is 2.48. The predicted molar refractivity (Wildman–Crippen MR) is 171 cm³/mol. The van der Waals surface area contributed by atoms with E-state index in [1.807, 2.05) is 6.07 Å². The Hall–Kier alpha value is -4.73. The van der Waals surface area contributed by atoms with Crippen molar-refractivity contribution in [3.05, 3.63) is 78.5 Å². The number of hydrogen-bond acceptors (Lipinski definition) is 6. The largest absolute Gasteiger partial charge is 0.493 e. The van der Waals surface area contributed by atoms with Gasteiger partial charge in [-0.2, -0.15) is 0 Å². The van der Waals surface area contributed by atoms with E-state index in [0.717, 1.165) is 24.8 Å². The molecule has 1 heterocycles. The number of hydrogen-bond donors (Lipinski definition) is 2. The summed E-state index contributed by atoms with van der Waals surface area (Å²) >= 11 is 0. The molecule has 240 valence electrons. The molecule has 1 aromatic heterocycles. The normalized spacial score (nSPS) is 18.7. The topological polar surface area (TPSA) is 98.8 Å². The number of benzene rings is 3. The number of nitrogens with one attached hydrogen (secondary N) is 2. The second-order valence-corrected chi connectivity index (χ2v) is 12.4. The summed E-state index contributed by atoms with van der Waals surface area (Å²) in [5.74, 6) is 0.531. The first-order valence-electron chi connectivity index (χ1n) is 15.7. The number of anilines is 2. The van der Waals surface area contributed by atoms with Crippen LogP contribution < -0.4 is 24.8 Å². The summed E-state index contributed by atoms with van der Waals surface area (Å²) in [5, 5.41) is 5.92. The number of carbonyl (C=O) groups is 2. The molecule has 8 nitrogen and oxygen atoms in total. The highest BCUT2D eigenvalue weighted by Gasteiger charge is 2.56. The van der Waals surface area contributed by atoms with Crippen LogP contribution in [0.2, 0.25) is 0 Å². The van der Waals surface area contributed by atoms with Gasteiger partial charge >= 0.3 is 0 Å². The third kappa shape index (κ3) is 6.90. The third-order valence-electron chi connectivity index (χ3n) is 8.97. The maximum absolute atomic E-state index is 15.3. The van der Waals surface area contributed by atoms with E-state index in [4.69, 9.17) is 14.2 Å². The quantitative estimate of drug-likeness (QED) is 0.135. The number of ether oxygens (including phenoxy) is 3. The zero-order chi connectivity index (χ0) is 32.3. The number of carbonyl (C=O) groups excluding carboxylic acids is 2. The van der Waals surface area contributed by atoms with E-state index in [0.29, 0.717) is 59.2 Å². The maximum atomic E-state index is 15.3. The Balaban J connectivity index is 1.13. The molecule has 0 saturated heterocycles. The van der Waals surface area contributed by atoms with Gasteiger partial charge in [0.2, 0.25) is 11.8 Å². The van der Waals surface area contributed by atoms with Gasteiger partial charge in [0.1, 0.15) is 17.0 Å². The van der Waals surface area contributed by atoms with Gasteiger partial charge in [-0.3, -0.25) is 14.6 Å². The lowest BCUT2D eigenvalue weighted by Gasteiger charge is -2.18. The van der Waals surface area contributed by atoms with Gasteiger partial charge in [0.05, 0.1) is 19.2 Å². The van der Waals surface area contributed by atoms with Crippen LogP contribution >= 0.6 is 0 Å². The van der Waals surface area contributed by atoms with Gasteiger partial charge in [0, 0.05) is 35.1 Å². The summed E-state index contributed by atoms with van der Waals surface area (Å²) in [6, 6.07) is 14.6. The number of aromatic nitrogens is 1. The fraction of sp³-hybridized carbons (Fsp3) is 0.361. The minimum absolute atomic E-state index is 0.0532. The SMILES string of the molecule is COc1cc2c(Oc3ccc(NC(=O)C4(C(=O)Nc5ccc(F)cc5)CC4)cc3F)ccnc2cc1OCC1CCCC(C)CC1. The number of pyridine rings is 1. The molecule has 0 radical (unpaired) electrons. The Kier molecular flexibility index (Phi) is 9.05. The minimum atomic E-state index is -1.27. The molecule has 2 unspecified atom stereocenters. The molecule has 2 amide bonds. The number of methoxy groups -OCH3 is 1. The van der Waals surface area contributed by atoms with Crippen LogP contribution in [0.3, 0.4) is 0 Å². The molecule has 2 fully saturated rings. The number of halogens is 2.